The van der Waals surface area contributed by atoms with Gasteiger partial charge in [-0.25, -0.2) is 9.97 Å². The summed E-state index contributed by atoms with van der Waals surface area (Å²) in [6, 6.07) is 2.05. The SMILES string of the molecule is CCCN(C)c1nc(C#N)nc2c1CNCC2. The number of hydrogen-bond acceptors (Lipinski definition) is 5. The van der Waals surface area contributed by atoms with Crippen LogP contribution in [0.5, 0.6) is 0 Å². The fraction of sp³-hybridized carbons (Fsp3) is 0.583. The molecule has 1 aromatic heterocycles. The van der Waals surface area contributed by atoms with E-state index in [2.05, 4.69) is 27.1 Å². The van der Waals surface area contributed by atoms with Gasteiger partial charge in [0.25, 0.3) is 0 Å². The predicted molar refractivity (Wildman–Crippen MR) is 65.7 cm³/mol. The van der Waals surface area contributed by atoms with Crippen molar-refractivity contribution in [2.45, 2.75) is 26.3 Å². The molecule has 0 aromatic carbocycles. The van der Waals surface area contributed by atoms with E-state index >= 15 is 0 Å². The fourth-order valence-electron chi connectivity index (χ4n) is 2.13. The van der Waals surface area contributed by atoms with Gasteiger partial charge in [0.05, 0.1) is 5.69 Å². The normalized spacial score (nSPS) is 13.9. The van der Waals surface area contributed by atoms with Gasteiger partial charge in [-0.3, -0.25) is 0 Å². The van der Waals surface area contributed by atoms with Crippen molar-refractivity contribution >= 4 is 5.82 Å². The third-order valence-corrected chi connectivity index (χ3v) is 2.93. The summed E-state index contributed by atoms with van der Waals surface area (Å²) in [5.41, 5.74) is 2.17. The van der Waals surface area contributed by atoms with Gasteiger partial charge in [-0.1, -0.05) is 6.92 Å². The minimum absolute atomic E-state index is 0.281. The summed E-state index contributed by atoms with van der Waals surface area (Å²) in [5.74, 6) is 1.18. The van der Waals surface area contributed by atoms with Crippen molar-refractivity contribution in [1.29, 1.82) is 5.26 Å². The monoisotopic (exact) mass is 231 g/mol. The quantitative estimate of drug-likeness (QED) is 0.835. The van der Waals surface area contributed by atoms with E-state index in [4.69, 9.17) is 5.26 Å². The van der Waals surface area contributed by atoms with Crippen molar-refractivity contribution in [1.82, 2.24) is 15.3 Å². The summed E-state index contributed by atoms with van der Waals surface area (Å²) in [4.78, 5) is 10.7. The van der Waals surface area contributed by atoms with E-state index in [1.807, 2.05) is 13.1 Å². The van der Waals surface area contributed by atoms with E-state index in [0.717, 1.165) is 49.6 Å². The molecular formula is C12H17N5. The van der Waals surface area contributed by atoms with Crippen LogP contribution in [0.3, 0.4) is 0 Å². The molecule has 0 aliphatic carbocycles. The molecular weight excluding hydrogens is 214 g/mol. The highest BCUT2D eigenvalue weighted by atomic mass is 15.2. The first kappa shape index (κ1) is 11.8. The van der Waals surface area contributed by atoms with Crippen LogP contribution in [0.1, 0.15) is 30.4 Å². The standard InChI is InChI=1S/C12H17N5/c1-3-6-17(2)12-9-8-14-5-4-10(9)15-11(7-13)16-12/h14H,3-6,8H2,1-2H3. The van der Waals surface area contributed by atoms with Crippen LogP contribution in [0.4, 0.5) is 5.82 Å². The lowest BCUT2D eigenvalue weighted by Gasteiger charge is -2.25. The van der Waals surface area contributed by atoms with Crippen molar-refractivity contribution in [3.05, 3.63) is 17.1 Å². The van der Waals surface area contributed by atoms with E-state index in [9.17, 15) is 0 Å². The number of anilines is 1. The van der Waals surface area contributed by atoms with Gasteiger partial charge < -0.3 is 10.2 Å². The first-order chi connectivity index (χ1) is 8.26. The molecule has 0 amide bonds. The van der Waals surface area contributed by atoms with Gasteiger partial charge in [0.15, 0.2) is 0 Å². The van der Waals surface area contributed by atoms with Crippen molar-refractivity contribution in [3.8, 4) is 6.07 Å². The van der Waals surface area contributed by atoms with E-state index in [1.165, 1.54) is 0 Å². The molecule has 0 bridgehead atoms. The minimum Gasteiger partial charge on any atom is -0.359 e. The first-order valence-corrected chi connectivity index (χ1v) is 5.98. The van der Waals surface area contributed by atoms with E-state index < -0.39 is 0 Å². The van der Waals surface area contributed by atoms with Gasteiger partial charge in [0.1, 0.15) is 11.9 Å². The maximum absolute atomic E-state index is 8.97. The summed E-state index contributed by atoms with van der Waals surface area (Å²) in [7, 11) is 2.02. The van der Waals surface area contributed by atoms with Crippen molar-refractivity contribution < 1.29 is 0 Å². The van der Waals surface area contributed by atoms with Crippen LogP contribution < -0.4 is 10.2 Å². The maximum Gasteiger partial charge on any atom is 0.234 e. The van der Waals surface area contributed by atoms with Crippen molar-refractivity contribution in [2.75, 3.05) is 25.0 Å². The summed E-state index contributed by atoms with van der Waals surface area (Å²) < 4.78 is 0. The number of nitrogens with zero attached hydrogens (tertiary/aromatic N) is 4. The topological polar surface area (TPSA) is 64.8 Å². The lowest BCUT2D eigenvalue weighted by atomic mass is 10.1. The van der Waals surface area contributed by atoms with Gasteiger partial charge in [0, 0.05) is 38.7 Å². The highest BCUT2D eigenvalue weighted by Gasteiger charge is 2.19. The molecule has 0 saturated heterocycles. The molecule has 0 radical (unpaired) electrons. The van der Waals surface area contributed by atoms with Crippen LogP contribution in [0.15, 0.2) is 0 Å². The van der Waals surface area contributed by atoms with Crippen LogP contribution in [0.2, 0.25) is 0 Å². The van der Waals surface area contributed by atoms with Gasteiger partial charge in [-0.05, 0) is 6.42 Å². The lowest BCUT2D eigenvalue weighted by Crippen LogP contribution is -2.30. The second-order valence-corrected chi connectivity index (χ2v) is 4.26. The highest BCUT2D eigenvalue weighted by molar-refractivity contribution is 5.50. The first-order valence-electron chi connectivity index (χ1n) is 5.98. The predicted octanol–water partition coefficient (Wildman–Crippen LogP) is 0.840. The van der Waals surface area contributed by atoms with Gasteiger partial charge >= 0.3 is 0 Å². The zero-order valence-electron chi connectivity index (χ0n) is 10.3. The van der Waals surface area contributed by atoms with Crippen molar-refractivity contribution in [2.24, 2.45) is 0 Å². The Morgan fingerprint density at radius 3 is 3.00 bits per heavy atom. The minimum atomic E-state index is 0.281. The Kier molecular flexibility index (Phi) is 3.55. The smallest absolute Gasteiger partial charge is 0.234 e. The average Bonchev–Trinajstić information content (AvgIpc) is 2.37. The third-order valence-electron chi connectivity index (χ3n) is 2.93. The molecule has 5 heteroatoms. The van der Waals surface area contributed by atoms with Crippen LogP contribution in [0, 0.1) is 11.3 Å². The second kappa shape index (κ2) is 5.11. The Morgan fingerprint density at radius 2 is 2.29 bits per heavy atom. The van der Waals surface area contributed by atoms with E-state index in [1.54, 1.807) is 0 Å². The van der Waals surface area contributed by atoms with Gasteiger partial charge in [-0.15, -0.1) is 0 Å². The number of aromatic nitrogens is 2. The number of fused-ring (bicyclic) bond motifs is 1. The van der Waals surface area contributed by atoms with E-state index in [0.29, 0.717) is 0 Å². The molecule has 0 unspecified atom stereocenters. The van der Waals surface area contributed by atoms with Crippen LogP contribution >= 0.6 is 0 Å². The van der Waals surface area contributed by atoms with Crippen LogP contribution in [-0.2, 0) is 13.0 Å². The Bertz CT molecular complexity index is 449. The summed E-state index contributed by atoms with van der Waals surface area (Å²) >= 11 is 0. The molecule has 2 heterocycles. The summed E-state index contributed by atoms with van der Waals surface area (Å²) in [5, 5.41) is 12.3. The maximum atomic E-state index is 8.97. The molecule has 17 heavy (non-hydrogen) atoms. The van der Waals surface area contributed by atoms with Crippen molar-refractivity contribution in [3.63, 3.8) is 0 Å². The molecule has 0 fully saturated rings. The molecule has 0 saturated carbocycles. The molecule has 5 nitrogen and oxygen atoms in total. The molecule has 1 aliphatic heterocycles. The molecule has 1 aliphatic rings. The second-order valence-electron chi connectivity index (χ2n) is 4.26. The molecule has 0 atom stereocenters. The molecule has 0 spiro atoms. The number of nitriles is 1. The van der Waals surface area contributed by atoms with Crippen LogP contribution in [0.25, 0.3) is 0 Å². The Hall–Kier alpha value is -1.67. The summed E-state index contributed by atoms with van der Waals surface area (Å²) in [6.45, 7) is 4.79. The Labute approximate surface area is 101 Å². The zero-order valence-corrected chi connectivity index (χ0v) is 10.3. The zero-order chi connectivity index (χ0) is 12.3. The third kappa shape index (κ3) is 2.37. The molecule has 1 N–H and O–H groups in total. The van der Waals surface area contributed by atoms with Crippen LogP contribution in [-0.4, -0.2) is 30.1 Å². The average molecular weight is 231 g/mol. The summed E-state index contributed by atoms with van der Waals surface area (Å²) in [6.07, 6.45) is 1.93. The highest BCUT2D eigenvalue weighted by Crippen LogP contribution is 2.22. The van der Waals surface area contributed by atoms with Gasteiger partial charge in [0.2, 0.25) is 5.82 Å². The number of nitrogens with one attached hydrogen (secondary N) is 1. The lowest BCUT2D eigenvalue weighted by molar-refractivity contribution is 0.621. The number of rotatable bonds is 3. The molecule has 1 aromatic rings. The largest absolute Gasteiger partial charge is 0.359 e. The number of hydrogen-bond donors (Lipinski definition) is 1. The van der Waals surface area contributed by atoms with E-state index in [-0.39, 0.29) is 5.82 Å². The Morgan fingerprint density at radius 1 is 1.47 bits per heavy atom. The Balaban J connectivity index is 2.45. The fourth-order valence-corrected chi connectivity index (χ4v) is 2.13. The molecule has 90 valence electrons. The van der Waals surface area contributed by atoms with Gasteiger partial charge in [-0.2, -0.15) is 5.26 Å². The molecule has 2 rings (SSSR count).